The van der Waals surface area contributed by atoms with Crippen molar-refractivity contribution in [3.63, 3.8) is 0 Å². The third-order valence-corrected chi connectivity index (χ3v) is 3.02. The lowest BCUT2D eigenvalue weighted by molar-refractivity contribution is 1.11. The van der Waals surface area contributed by atoms with E-state index >= 15 is 0 Å². The number of nitrogens with zero attached hydrogens (tertiary/aromatic N) is 1. The fraction of sp³-hybridized carbons (Fsp3) is 0.357. The molecule has 0 radical (unpaired) electrons. The molecule has 0 saturated carbocycles. The molecule has 16 heavy (non-hydrogen) atoms. The lowest BCUT2D eigenvalue weighted by Crippen LogP contribution is -1.94. The van der Waals surface area contributed by atoms with Gasteiger partial charge in [0.15, 0.2) is 0 Å². The molecule has 0 aliphatic carbocycles. The Bertz CT molecular complexity index is 388. The maximum atomic E-state index is 4.35. The molecule has 1 aromatic carbocycles. The first-order valence-corrected chi connectivity index (χ1v) is 6.35. The molecule has 0 heterocycles. The predicted octanol–water partition coefficient (Wildman–Crippen LogP) is 4.53. The Hall–Kier alpha value is -1.02. The van der Waals surface area contributed by atoms with Crippen LogP contribution in [0.2, 0.25) is 0 Å². The normalized spacial score (nSPS) is 11.9. The molecule has 0 aliphatic rings. The number of allylic oxidation sites excluding steroid dienone is 1. The number of benzene rings is 1. The van der Waals surface area contributed by atoms with Gasteiger partial charge in [0.1, 0.15) is 0 Å². The summed E-state index contributed by atoms with van der Waals surface area (Å²) in [4.78, 5) is 5.66. The van der Waals surface area contributed by atoms with E-state index < -0.39 is 0 Å². The van der Waals surface area contributed by atoms with Gasteiger partial charge in [-0.25, -0.2) is 0 Å². The third-order valence-electron chi connectivity index (χ3n) is 2.00. The largest absolute Gasteiger partial charge is 0.258 e. The van der Waals surface area contributed by atoms with Crippen LogP contribution in [0, 0.1) is 0 Å². The van der Waals surface area contributed by atoms with Crippen LogP contribution in [0.25, 0.3) is 0 Å². The lowest BCUT2D eigenvalue weighted by atomic mass is 10.1. The van der Waals surface area contributed by atoms with E-state index in [1.807, 2.05) is 25.6 Å². The maximum absolute atomic E-state index is 4.35. The van der Waals surface area contributed by atoms with Gasteiger partial charge in [-0.1, -0.05) is 32.6 Å². The second-order valence-electron chi connectivity index (χ2n) is 4.12. The van der Waals surface area contributed by atoms with Gasteiger partial charge in [-0.15, -0.1) is 11.8 Å². The zero-order valence-electron chi connectivity index (χ0n) is 10.4. The van der Waals surface area contributed by atoms with Crippen LogP contribution in [-0.2, 0) is 0 Å². The smallest absolute Gasteiger partial charge is 0.0447 e. The zero-order chi connectivity index (χ0) is 12.1. The molecule has 0 aromatic heterocycles. The third kappa shape index (κ3) is 4.23. The Morgan fingerprint density at radius 1 is 1.19 bits per heavy atom. The lowest BCUT2D eigenvalue weighted by Gasteiger charge is -2.06. The molecule has 0 unspecified atom stereocenters. The van der Waals surface area contributed by atoms with Crippen LogP contribution in [0.3, 0.4) is 0 Å². The van der Waals surface area contributed by atoms with E-state index in [0.717, 1.165) is 17.0 Å². The van der Waals surface area contributed by atoms with Gasteiger partial charge in [0, 0.05) is 21.6 Å². The molecule has 1 aromatic rings. The molecule has 0 atom stereocenters. The Labute approximate surface area is 103 Å². The van der Waals surface area contributed by atoms with E-state index in [2.05, 4.69) is 49.7 Å². The Morgan fingerprint density at radius 2 is 1.75 bits per heavy atom. The van der Waals surface area contributed by atoms with Gasteiger partial charge in [-0.05, 0) is 31.5 Å². The number of hydrogen-bond donors (Lipinski definition) is 0. The van der Waals surface area contributed by atoms with E-state index in [0.29, 0.717) is 5.25 Å². The van der Waals surface area contributed by atoms with E-state index in [-0.39, 0.29) is 0 Å². The van der Waals surface area contributed by atoms with Crippen molar-refractivity contribution in [3.8, 4) is 0 Å². The second kappa shape index (κ2) is 5.90. The first-order valence-electron chi connectivity index (χ1n) is 5.47. The fourth-order valence-corrected chi connectivity index (χ4v) is 2.24. The molecule has 2 heteroatoms. The minimum atomic E-state index is 0.621. The highest BCUT2D eigenvalue weighted by molar-refractivity contribution is 7.99. The fourth-order valence-electron chi connectivity index (χ4n) is 1.40. The summed E-state index contributed by atoms with van der Waals surface area (Å²) in [6.07, 6.45) is 0. The number of rotatable bonds is 4. The van der Waals surface area contributed by atoms with Crippen LogP contribution >= 0.6 is 11.8 Å². The first-order chi connectivity index (χ1) is 7.49. The number of hydrogen-bond acceptors (Lipinski definition) is 2. The van der Waals surface area contributed by atoms with Crippen molar-refractivity contribution < 1.29 is 0 Å². The molecule has 0 amide bonds. The van der Waals surface area contributed by atoms with Crippen LogP contribution in [0.15, 0.2) is 46.4 Å². The average molecular weight is 233 g/mol. The molecule has 0 bridgehead atoms. The quantitative estimate of drug-likeness (QED) is 0.550. The van der Waals surface area contributed by atoms with Gasteiger partial charge >= 0.3 is 0 Å². The van der Waals surface area contributed by atoms with E-state index in [4.69, 9.17) is 0 Å². The molecule has 0 spiro atoms. The molecule has 86 valence electrons. The Kier molecular flexibility index (Phi) is 4.81. The Balaban J connectivity index is 2.82. The summed E-state index contributed by atoms with van der Waals surface area (Å²) in [5.74, 6) is 0. The second-order valence-corrected chi connectivity index (χ2v) is 5.77. The summed E-state index contributed by atoms with van der Waals surface area (Å²) in [6, 6.07) is 8.54. The van der Waals surface area contributed by atoms with Gasteiger partial charge < -0.3 is 0 Å². The molecule has 0 fully saturated rings. The van der Waals surface area contributed by atoms with Crippen molar-refractivity contribution >= 4 is 17.5 Å². The van der Waals surface area contributed by atoms with Crippen molar-refractivity contribution in [3.05, 3.63) is 42.1 Å². The monoisotopic (exact) mass is 233 g/mol. The van der Waals surface area contributed by atoms with Gasteiger partial charge in [-0.3, -0.25) is 4.99 Å². The molecule has 0 saturated heterocycles. The minimum Gasteiger partial charge on any atom is -0.258 e. The van der Waals surface area contributed by atoms with Gasteiger partial charge in [0.2, 0.25) is 0 Å². The first kappa shape index (κ1) is 13.0. The summed E-state index contributed by atoms with van der Waals surface area (Å²) < 4.78 is 0. The molecular formula is C14H19NS. The summed E-state index contributed by atoms with van der Waals surface area (Å²) in [7, 11) is 0. The average Bonchev–Trinajstić information content (AvgIpc) is 2.16. The molecule has 0 aliphatic heterocycles. The highest BCUT2D eigenvalue weighted by atomic mass is 32.2. The highest BCUT2D eigenvalue weighted by Crippen LogP contribution is 2.23. The zero-order valence-corrected chi connectivity index (χ0v) is 11.3. The van der Waals surface area contributed by atoms with Gasteiger partial charge in [0.05, 0.1) is 0 Å². The van der Waals surface area contributed by atoms with E-state index in [9.17, 15) is 0 Å². The minimum absolute atomic E-state index is 0.621. The molecule has 1 rings (SSSR count). The standard InChI is InChI=1S/C14H19NS/c1-10(2)15-12(5)13-6-8-14(9-7-13)16-11(3)4/h6-9,11H,1H2,2-5H3/b15-12+. The van der Waals surface area contributed by atoms with Crippen LogP contribution in [-0.4, -0.2) is 11.0 Å². The molecule has 1 nitrogen and oxygen atoms in total. The SMILES string of the molecule is C=C(C)/N=C(\C)c1ccc(SC(C)C)cc1. The Morgan fingerprint density at radius 3 is 2.19 bits per heavy atom. The summed E-state index contributed by atoms with van der Waals surface area (Å²) in [5, 5.41) is 0.621. The van der Waals surface area contributed by atoms with Crippen molar-refractivity contribution in [2.75, 3.05) is 0 Å². The van der Waals surface area contributed by atoms with Crippen LogP contribution in [0.4, 0.5) is 0 Å². The van der Waals surface area contributed by atoms with Crippen molar-refractivity contribution in [1.82, 2.24) is 0 Å². The van der Waals surface area contributed by atoms with Crippen LogP contribution in [0.1, 0.15) is 33.3 Å². The van der Waals surface area contributed by atoms with E-state index in [1.165, 1.54) is 4.90 Å². The molecule has 0 N–H and O–H groups in total. The van der Waals surface area contributed by atoms with Gasteiger partial charge in [0.25, 0.3) is 0 Å². The highest BCUT2D eigenvalue weighted by Gasteiger charge is 2.00. The summed E-state index contributed by atoms with van der Waals surface area (Å²) in [6.45, 7) is 12.1. The van der Waals surface area contributed by atoms with Crippen molar-refractivity contribution in [1.29, 1.82) is 0 Å². The molecular weight excluding hydrogens is 214 g/mol. The van der Waals surface area contributed by atoms with Gasteiger partial charge in [-0.2, -0.15) is 0 Å². The topological polar surface area (TPSA) is 12.4 Å². The van der Waals surface area contributed by atoms with E-state index in [1.54, 1.807) is 0 Å². The predicted molar refractivity (Wildman–Crippen MR) is 74.5 cm³/mol. The van der Waals surface area contributed by atoms with Crippen molar-refractivity contribution in [2.24, 2.45) is 4.99 Å². The maximum Gasteiger partial charge on any atom is 0.0447 e. The van der Waals surface area contributed by atoms with Crippen molar-refractivity contribution in [2.45, 2.75) is 37.8 Å². The number of thioether (sulfide) groups is 1. The number of aliphatic imine (C=N–C) groups is 1. The summed E-state index contributed by atoms with van der Waals surface area (Å²) in [5.41, 5.74) is 3.03. The summed E-state index contributed by atoms with van der Waals surface area (Å²) >= 11 is 1.88. The van der Waals surface area contributed by atoms with Crippen LogP contribution < -0.4 is 0 Å². The van der Waals surface area contributed by atoms with Crippen LogP contribution in [0.5, 0.6) is 0 Å².